The molecule has 1 amide bonds. The standard InChI is InChI=1S/C13H13BrClNO3/c14-11-6-8(15)2-4-10(11)12(17)16-9-3-1-7(5-9)13(18)19/h2,4,6-7,9H,1,3,5H2,(H,16,17)(H,18,19)/t7-,9+/m1/s1. The minimum Gasteiger partial charge on any atom is -0.481 e. The molecular formula is C13H13BrClNO3. The number of carbonyl (C=O) groups excluding carboxylic acids is 1. The van der Waals surface area contributed by atoms with Crippen LogP contribution < -0.4 is 5.32 Å². The van der Waals surface area contributed by atoms with Gasteiger partial charge in [-0.1, -0.05) is 11.6 Å². The van der Waals surface area contributed by atoms with Gasteiger partial charge in [0, 0.05) is 15.5 Å². The van der Waals surface area contributed by atoms with Crippen LogP contribution in [0.1, 0.15) is 29.6 Å². The first-order chi connectivity index (χ1) is 8.97. The van der Waals surface area contributed by atoms with Crippen LogP contribution in [0.15, 0.2) is 22.7 Å². The van der Waals surface area contributed by atoms with Crippen molar-refractivity contribution in [3.63, 3.8) is 0 Å². The molecule has 1 fully saturated rings. The van der Waals surface area contributed by atoms with E-state index in [9.17, 15) is 9.59 Å². The number of amides is 1. The van der Waals surface area contributed by atoms with Crippen molar-refractivity contribution >= 4 is 39.4 Å². The second-order valence-corrected chi connectivity index (χ2v) is 5.93. The molecule has 0 unspecified atom stereocenters. The lowest BCUT2D eigenvalue weighted by molar-refractivity contribution is -0.141. The molecule has 0 spiro atoms. The number of carboxylic acid groups (broad SMARTS) is 1. The van der Waals surface area contributed by atoms with Crippen molar-refractivity contribution < 1.29 is 14.7 Å². The van der Waals surface area contributed by atoms with Crippen molar-refractivity contribution in [3.8, 4) is 0 Å². The monoisotopic (exact) mass is 345 g/mol. The molecule has 102 valence electrons. The van der Waals surface area contributed by atoms with Crippen LogP contribution in [0.2, 0.25) is 5.02 Å². The molecule has 2 rings (SSSR count). The molecule has 2 N–H and O–H groups in total. The summed E-state index contributed by atoms with van der Waals surface area (Å²) >= 11 is 9.11. The van der Waals surface area contributed by atoms with Gasteiger partial charge in [-0.05, 0) is 53.4 Å². The molecule has 0 aliphatic heterocycles. The Labute approximate surface area is 124 Å². The molecule has 2 atom stereocenters. The van der Waals surface area contributed by atoms with Crippen molar-refractivity contribution in [2.75, 3.05) is 0 Å². The third-order valence-corrected chi connectivity index (χ3v) is 4.18. The summed E-state index contributed by atoms with van der Waals surface area (Å²) in [4.78, 5) is 22.9. The minimum absolute atomic E-state index is 0.0730. The molecule has 0 heterocycles. The fourth-order valence-electron chi connectivity index (χ4n) is 2.27. The molecular weight excluding hydrogens is 334 g/mol. The lowest BCUT2D eigenvalue weighted by atomic mass is 10.1. The number of carbonyl (C=O) groups is 2. The molecule has 6 heteroatoms. The molecule has 0 radical (unpaired) electrons. The van der Waals surface area contributed by atoms with E-state index in [4.69, 9.17) is 16.7 Å². The van der Waals surface area contributed by atoms with Crippen molar-refractivity contribution in [3.05, 3.63) is 33.3 Å². The van der Waals surface area contributed by atoms with Gasteiger partial charge in [0.1, 0.15) is 0 Å². The van der Waals surface area contributed by atoms with E-state index in [0.29, 0.717) is 34.3 Å². The van der Waals surface area contributed by atoms with E-state index in [0.717, 1.165) is 0 Å². The predicted molar refractivity (Wildman–Crippen MR) is 75.4 cm³/mol. The fourth-order valence-corrected chi connectivity index (χ4v) is 3.14. The first kappa shape index (κ1) is 14.3. The highest BCUT2D eigenvalue weighted by Crippen LogP contribution is 2.27. The quantitative estimate of drug-likeness (QED) is 0.884. The summed E-state index contributed by atoms with van der Waals surface area (Å²) in [5.74, 6) is -1.34. The molecule has 1 aliphatic rings. The number of halogens is 2. The molecule has 0 aromatic heterocycles. The lowest BCUT2D eigenvalue weighted by Crippen LogP contribution is -2.33. The Hall–Kier alpha value is -1.07. The zero-order valence-corrected chi connectivity index (χ0v) is 12.4. The van der Waals surface area contributed by atoms with E-state index in [1.165, 1.54) is 0 Å². The number of nitrogens with one attached hydrogen (secondary N) is 1. The van der Waals surface area contributed by atoms with Gasteiger partial charge in [0.25, 0.3) is 5.91 Å². The van der Waals surface area contributed by atoms with Crippen molar-refractivity contribution in [1.29, 1.82) is 0 Å². The van der Waals surface area contributed by atoms with Crippen molar-refractivity contribution in [1.82, 2.24) is 5.32 Å². The average Bonchev–Trinajstić information content (AvgIpc) is 2.77. The zero-order chi connectivity index (χ0) is 14.0. The van der Waals surface area contributed by atoms with Crippen LogP contribution in [0.5, 0.6) is 0 Å². The summed E-state index contributed by atoms with van der Waals surface area (Å²) in [7, 11) is 0. The molecule has 0 bridgehead atoms. The third-order valence-electron chi connectivity index (χ3n) is 3.29. The van der Waals surface area contributed by atoms with Gasteiger partial charge in [-0.3, -0.25) is 9.59 Å². The van der Waals surface area contributed by atoms with E-state index in [2.05, 4.69) is 21.2 Å². The summed E-state index contributed by atoms with van der Waals surface area (Å²) in [5.41, 5.74) is 0.503. The maximum Gasteiger partial charge on any atom is 0.306 e. The van der Waals surface area contributed by atoms with Crippen LogP contribution in [-0.2, 0) is 4.79 Å². The summed E-state index contributed by atoms with van der Waals surface area (Å²) in [5, 5.41) is 12.3. The van der Waals surface area contributed by atoms with Crippen LogP contribution >= 0.6 is 27.5 Å². The Bertz CT molecular complexity index is 521. The van der Waals surface area contributed by atoms with Gasteiger partial charge in [-0.2, -0.15) is 0 Å². The van der Waals surface area contributed by atoms with Gasteiger partial charge >= 0.3 is 5.97 Å². The highest BCUT2D eigenvalue weighted by Gasteiger charge is 2.30. The Morgan fingerprint density at radius 1 is 1.37 bits per heavy atom. The first-order valence-corrected chi connectivity index (χ1v) is 7.13. The van der Waals surface area contributed by atoms with E-state index in [1.807, 2.05) is 0 Å². The van der Waals surface area contributed by atoms with E-state index >= 15 is 0 Å². The SMILES string of the molecule is O=C(N[C@H]1CC[C@@H](C(=O)O)C1)c1ccc(Cl)cc1Br. The number of aliphatic carboxylic acids is 1. The van der Waals surface area contributed by atoms with Gasteiger partial charge in [0.2, 0.25) is 0 Å². The molecule has 19 heavy (non-hydrogen) atoms. The Kier molecular flexibility index (Phi) is 4.47. The average molecular weight is 347 g/mol. The summed E-state index contributed by atoms with van der Waals surface area (Å²) in [6.45, 7) is 0. The minimum atomic E-state index is -0.788. The lowest BCUT2D eigenvalue weighted by Gasteiger charge is -2.13. The number of hydrogen-bond donors (Lipinski definition) is 2. The predicted octanol–water partition coefficient (Wildman–Crippen LogP) is 3.09. The van der Waals surface area contributed by atoms with Gasteiger partial charge in [-0.15, -0.1) is 0 Å². The molecule has 4 nitrogen and oxygen atoms in total. The molecule has 1 aliphatic carbocycles. The van der Waals surface area contributed by atoms with Crippen molar-refractivity contribution in [2.45, 2.75) is 25.3 Å². The van der Waals surface area contributed by atoms with Crippen LogP contribution in [-0.4, -0.2) is 23.0 Å². The fraction of sp³-hybridized carbons (Fsp3) is 0.385. The largest absolute Gasteiger partial charge is 0.481 e. The van der Waals surface area contributed by atoms with E-state index < -0.39 is 5.97 Å². The maximum absolute atomic E-state index is 12.1. The molecule has 1 saturated carbocycles. The smallest absolute Gasteiger partial charge is 0.306 e. The van der Waals surface area contributed by atoms with Gasteiger partial charge < -0.3 is 10.4 Å². The van der Waals surface area contributed by atoms with Gasteiger partial charge in [-0.25, -0.2) is 0 Å². The Morgan fingerprint density at radius 2 is 2.11 bits per heavy atom. The molecule has 0 saturated heterocycles. The first-order valence-electron chi connectivity index (χ1n) is 5.96. The second-order valence-electron chi connectivity index (χ2n) is 4.64. The summed E-state index contributed by atoms with van der Waals surface area (Å²) in [6.07, 6.45) is 1.81. The van der Waals surface area contributed by atoms with Crippen LogP contribution in [0.25, 0.3) is 0 Å². The highest BCUT2D eigenvalue weighted by molar-refractivity contribution is 9.10. The third kappa shape index (κ3) is 3.48. The van der Waals surface area contributed by atoms with Gasteiger partial charge in [0.15, 0.2) is 0 Å². The van der Waals surface area contributed by atoms with Crippen LogP contribution in [0, 0.1) is 5.92 Å². The Balaban J connectivity index is 2.00. The summed E-state index contributed by atoms with van der Waals surface area (Å²) in [6, 6.07) is 4.88. The number of hydrogen-bond acceptors (Lipinski definition) is 2. The van der Waals surface area contributed by atoms with Crippen molar-refractivity contribution in [2.24, 2.45) is 5.92 Å². The van der Waals surface area contributed by atoms with Crippen LogP contribution in [0.4, 0.5) is 0 Å². The molecule has 1 aromatic rings. The van der Waals surface area contributed by atoms with Gasteiger partial charge in [0.05, 0.1) is 11.5 Å². The second kappa shape index (κ2) is 5.92. The highest BCUT2D eigenvalue weighted by atomic mass is 79.9. The van der Waals surface area contributed by atoms with E-state index in [1.54, 1.807) is 18.2 Å². The zero-order valence-electron chi connectivity index (χ0n) is 10.0. The number of carboxylic acids is 1. The summed E-state index contributed by atoms with van der Waals surface area (Å²) < 4.78 is 0.630. The number of rotatable bonds is 3. The topological polar surface area (TPSA) is 66.4 Å². The molecule has 1 aromatic carbocycles. The van der Waals surface area contributed by atoms with E-state index in [-0.39, 0.29) is 17.9 Å². The number of benzene rings is 1. The normalized spacial score (nSPS) is 22.2. The Morgan fingerprint density at radius 3 is 2.68 bits per heavy atom. The maximum atomic E-state index is 12.1. The van der Waals surface area contributed by atoms with Crippen LogP contribution in [0.3, 0.4) is 0 Å².